The fourth-order valence-corrected chi connectivity index (χ4v) is 2.34. The molecule has 116 valence electrons. The smallest absolute Gasteiger partial charge is 0.320 e. The van der Waals surface area contributed by atoms with Gasteiger partial charge in [-0.15, -0.1) is 10.2 Å². The highest BCUT2D eigenvalue weighted by Gasteiger charge is 2.29. The molecule has 0 spiro atoms. The number of amides is 2. The zero-order valence-electron chi connectivity index (χ0n) is 12.8. The van der Waals surface area contributed by atoms with E-state index in [-0.39, 0.29) is 12.1 Å². The van der Waals surface area contributed by atoms with Crippen molar-refractivity contribution in [2.75, 3.05) is 33.3 Å². The molecule has 1 aromatic heterocycles. The molecule has 0 bridgehead atoms. The quantitative estimate of drug-likeness (QED) is 0.821. The number of likely N-dealkylation sites (tertiary alicyclic amines) is 1. The Kier molecular flexibility index (Phi) is 5.19. The van der Waals surface area contributed by atoms with Crippen molar-refractivity contribution < 1.29 is 14.3 Å². The maximum atomic E-state index is 12.2. The third-order valence-corrected chi connectivity index (χ3v) is 3.56. The first-order valence-corrected chi connectivity index (χ1v) is 7.26. The lowest BCUT2D eigenvalue weighted by Crippen LogP contribution is -2.42. The number of carbonyl (C=O) groups is 1. The summed E-state index contributed by atoms with van der Waals surface area (Å²) in [5.74, 6) is 0.907. The van der Waals surface area contributed by atoms with Crippen LogP contribution in [-0.2, 0) is 0 Å². The highest BCUT2D eigenvalue weighted by molar-refractivity contribution is 5.74. The predicted octanol–water partition coefficient (Wildman–Crippen LogP) is 1.40. The number of hydrogen-bond donors (Lipinski definition) is 0. The molecule has 21 heavy (non-hydrogen) atoms. The SMILES string of the molecule is CCN(CC)C(=O)N1CCC(Oc2ccc(OC)nn2)C1. The summed E-state index contributed by atoms with van der Waals surface area (Å²) in [6, 6.07) is 3.50. The molecule has 0 aliphatic carbocycles. The first-order valence-electron chi connectivity index (χ1n) is 7.26. The minimum Gasteiger partial charge on any atom is -0.480 e. The second-order valence-electron chi connectivity index (χ2n) is 4.84. The molecule has 1 saturated heterocycles. The Labute approximate surface area is 124 Å². The van der Waals surface area contributed by atoms with E-state index in [1.165, 1.54) is 7.11 Å². The van der Waals surface area contributed by atoms with E-state index in [9.17, 15) is 4.79 Å². The molecule has 0 aromatic carbocycles. The van der Waals surface area contributed by atoms with Gasteiger partial charge < -0.3 is 19.3 Å². The van der Waals surface area contributed by atoms with Gasteiger partial charge in [0.05, 0.1) is 13.7 Å². The van der Waals surface area contributed by atoms with Gasteiger partial charge in [0, 0.05) is 38.2 Å². The maximum Gasteiger partial charge on any atom is 0.320 e. The minimum atomic E-state index is -0.0350. The zero-order valence-corrected chi connectivity index (χ0v) is 12.8. The lowest BCUT2D eigenvalue weighted by molar-refractivity contribution is 0.154. The average Bonchev–Trinajstić information content (AvgIpc) is 2.97. The van der Waals surface area contributed by atoms with E-state index >= 15 is 0 Å². The van der Waals surface area contributed by atoms with Crippen LogP contribution in [0.1, 0.15) is 20.3 Å². The van der Waals surface area contributed by atoms with Crippen LogP contribution in [0.4, 0.5) is 4.79 Å². The van der Waals surface area contributed by atoms with Crippen LogP contribution >= 0.6 is 0 Å². The van der Waals surface area contributed by atoms with Crippen LogP contribution in [0.2, 0.25) is 0 Å². The van der Waals surface area contributed by atoms with E-state index in [0.29, 0.717) is 24.8 Å². The van der Waals surface area contributed by atoms with Crippen molar-refractivity contribution in [2.24, 2.45) is 0 Å². The van der Waals surface area contributed by atoms with Gasteiger partial charge in [0.15, 0.2) is 0 Å². The van der Waals surface area contributed by atoms with Gasteiger partial charge in [-0.05, 0) is 13.8 Å². The fourth-order valence-electron chi connectivity index (χ4n) is 2.34. The van der Waals surface area contributed by atoms with Crippen LogP contribution in [-0.4, -0.2) is 65.4 Å². The van der Waals surface area contributed by atoms with Crippen LogP contribution in [0, 0.1) is 0 Å². The fraction of sp³-hybridized carbons (Fsp3) is 0.643. The summed E-state index contributed by atoms with van der Waals surface area (Å²) < 4.78 is 10.7. The maximum absolute atomic E-state index is 12.2. The Morgan fingerprint density at radius 3 is 2.57 bits per heavy atom. The summed E-state index contributed by atoms with van der Waals surface area (Å²) in [5.41, 5.74) is 0. The first kappa shape index (κ1) is 15.3. The summed E-state index contributed by atoms with van der Waals surface area (Å²) in [4.78, 5) is 15.9. The minimum absolute atomic E-state index is 0.0350. The van der Waals surface area contributed by atoms with Gasteiger partial charge in [-0.3, -0.25) is 0 Å². The topological polar surface area (TPSA) is 67.8 Å². The lowest BCUT2D eigenvalue weighted by atomic mass is 10.3. The molecular formula is C14H22N4O3. The molecule has 2 amide bonds. The molecule has 7 nitrogen and oxygen atoms in total. The van der Waals surface area contributed by atoms with Gasteiger partial charge in [-0.1, -0.05) is 0 Å². The third kappa shape index (κ3) is 3.74. The van der Waals surface area contributed by atoms with Crippen molar-refractivity contribution in [3.05, 3.63) is 12.1 Å². The largest absolute Gasteiger partial charge is 0.480 e. The molecule has 7 heteroatoms. The molecule has 1 aliphatic rings. The number of hydrogen-bond acceptors (Lipinski definition) is 5. The van der Waals surface area contributed by atoms with E-state index in [1.807, 2.05) is 23.6 Å². The molecule has 1 aliphatic heterocycles. The van der Waals surface area contributed by atoms with E-state index in [2.05, 4.69) is 10.2 Å². The molecule has 1 atom stereocenters. The highest BCUT2D eigenvalue weighted by Crippen LogP contribution is 2.18. The lowest BCUT2D eigenvalue weighted by Gasteiger charge is -2.25. The molecule has 1 aromatic rings. The normalized spacial score (nSPS) is 17.7. The van der Waals surface area contributed by atoms with E-state index < -0.39 is 0 Å². The van der Waals surface area contributed by atoms with E-state index in [1.54, 1.807) is 12.1 Å². The van der Waals surface area contributed by atoms with Gasteiger partial charge in [-0.2, -0.15) is 0 Å². The second kappa shape index (κ2) is 7.10. The zero-order chi connectivity index (χ0) is 15.2. The molecule has 0 N–H and O–H groups in total. The molecule has 2 rings (SSSR count). The van der Waals surface area contributed by atoms with Crippen LogP contribution in [0.3, 0.4) is 0 Å². The number of urea groups is 1. The average molecular weight is 294 g/mol. The van der Waals surface area contributed by atoms with Gasteiger partial charge in [-0.25, -0.2) is 4.79 Å². The number of aromatic nitrogens is 2. The van der Waals surface area contributed by atoms with Crippen LogP contribution in [0.15, 0.2) is 12.1 Å². The number of nitrogens with zero attached hydrogens (tertiary/aromatic N) is 4. The van der Waals surface area contributed by atoms with Crippen molar-refractivity contribution in [3.8, 4) is 11.8 Å². The Morgan fingerprint density at radius 1 is 1.33 bits per heavy atom. The monoisotopic (exact) mass is 294 g/mol. The van der Waals surface area contributed by atoms with Crippen molar-refractivity contribution in [1.82, 2.24) is 20.0 Å². The van der Waals surface area contributed by atoms with Gasteiger partial charge in [0.1, 0.15) is 6.10 Å². The summed E-state index contributed by atoms with van der Waals surface area (Å²) in [6.45, 7) is 6.71. The summed E-state index contributed by atoms with van der Waals surface area (Å²) >= 11 is 0. The second-order valence-corrected chi connectivity index (χ2v) is 4.84. The number of ether oxygens (including phenoxy) is 2. The third-order valence-electron chi connectivity index (χ3n) is 3.56. The summed E-state index contributed by atoms with van der Waals surface area (Å²) in [5, 5.41) is 7.80. The number of rotatable bonds is 5. The van der Waals surface area contributed by atoms with Crippen LogP contribution in [0.25, 0.3) is 0 Å². The standard InChI is InChI=1S/C14H22N4O3/c1-4-17(5-2)14(19)18-9-8-11(10-18)21-13-7-6-12(20-3)15-16-13/h6-7,11H,4-5,8-10H2,1-3H3. The molecule has 1 unspecified atom stereocenters. The Hall–Kier alpha value is -2.05. The molecular weight excluding hydrogens is 272 g/mol. The van der Waals surface area contributed by atoms with E-state index in [0.717, 1.165) is 19.5 Å². The predicted molar refractivity (Wildman–Crippen MR) is 77.5 cm³/mol. The molecule has 0 radical (unpaired) electrons. The summed E-state index contributed by atoms with van der Waals surface area (Å²) in [7, 11) is 1.54. The molecule has 1 fully saturated rings. The summed E-state index contributed by atoms with van der Waals surface area (Å²) in [6.07, 6.45) is 0.771. The van der Waals surface area contributed by atoms with Crippen molar-refractivity contribution in [3.63, 3.8) is 0 Å². The van der Waals surface area contributed by atoms with Gasteiger partial charge >= 0.3 is 6.03 Å². The Bertz CT molecular complexity index is 462. The number of methoxy groups -OCH3 is 1. The number of carbonyl (C=O) groups excluding carboxylic acids is 1. The van der Waals surface area contributed by atoms with Crippen molar-refractivity contribution in [2.45, 2.75) is 26.4 Å². The molecule has 0 saturated carbocycles. The Balaban J connectivity index is 1.88. The van der Waals surface area contributed by atoms with Gasteiger partial charge in [0.2, 0.25) is 11.8 Å². The van der Waals surface area contributed by atoms with Crippen molar-refractivity contribution in [1.29, 1.82) is 0 Å². The van der Waals surface area contributed by atoms with Crippen LogP contribution < -0.4 is 9.47 Å². The van der Waals surface area contributed by atoms with Gasteiger partial charge in [0.25, 0.3) is 0 Å². The van der Waals surface area contributed by atoms with Crippen molar-refractivity contribution >= 4 is 6.03 Å². The first-order chi connectivity index (χ1) is 10.2. The molecule has 2 heterocycles. The highest BCUT2D eigenvalue weighted by atomic mass is 16.5. The Morgan fingerprint density at radius 2 is 2.00 bits per heavy atom. The van der Waals surface area contributed by atoms with Crippen LogP contribution in [0.5, 0.6) is 11.8 Å². The van der Waals surface area contributed by atoms with E-state index in [4.69, 9.17) is 9.47 Å².